The molecule has 114 valence electrons. The second kappa shape index (κ2) is 7.98. The summed E-state index contributed by atoms with van der Waals surface area (Å²) in [6.45, 7) is 6.58. The molecule has 0 aliphatic heterocycles. The normalized spacial score (nSPS) is 10.8. The van der Waals surface area contributed by atoms with Gasteiger partial charge in [-0.15, -0.1) is 0 Å². The molecule has 0 unspecified atom stereocenters. The highest BCUT2D eigenvalue weighted by Crippen LogP contribution is 2.39. The third-order valence-electron chi connectivity index (χ3n) is 3.52. The molecule has 2 rings (SSSR count). The van der Waals surface area contributed by atoms with E-state index in [0.29, 0.717) is 5.82 Å². The van der Waals surface area contributed by atoms with Crippen LogP contribution in [0, 0.1) is 0 Å². The summed E-state index contributed by atoms with van der Waals surface area (Å²) in [5.74, 6) is 0.624. The second-order valence-corrected chi connectivity index (χ2v) is 5.93. The van der Waals surface area contributed by atoms with E-state index < -0.39 is 0 Å². The van der Waals surface area contributed by atoms with E-state index in [4.69, 9.17) is 5.73 Å². The van der Waals surface area contributed by atoms with Crippen LogP contribution in [0.2, 0.25) is 0 Å². The van der Waals surface area contributed by atoms with Gasteiger partial charge in [-0.1, -0.05) is 26.7 Å². The summed E-state index contributed by atoms with van der Waals surface area (Å²) in [6.07, 6.45) is 8.38. The molecule has 0 bridgehead atoms. The molecule has 5 heteroatoms. The van der Waals surface area contributed by atoms with Gasteiger partial charge in [-0.2, -0.15) is 4.37 Å². The van der Waals surface area contributed by atoms with Gasteiger partial charge in [0, 0.05) is 25.5 Å². The van der Waals surface area contributed by atoms with Crippen LogP contribution in [0.1, 0.15) is 39.5 Å². The summed E-state index contributed by atoms with van der Waals surface area (Å²) in [5, 5.41) is 1.20. The minimum absolute atomic E-state index is 0.624. The van der Waals surface area contributed by atoms with E-state index in [1.54, 1.807) is 12.4 Å². The van der Waals surface area contributed by atoms with E-state index in [-0.39, 0.29) is 0 Å². The molecule has 2 aromatic rings. The van der Waals surface area contributed by atoms with Crippen molar-refractivity contribution in [2.24, 2.45) is 0 Å². The van der Waals surface area contributed by atoms with Crippen molar-refractivity contribution in [2.75, 3.05) is 23.7 Å². The molecular weight excluding hydrogens is 280 g/mol. The van der Waals surface area contributed by atoms with Gasteiger partial charge in [0.05, 0.1) is 5.56 Å². The van der Waals surface area contributed by atoms with Gasteiger partial charge in [0.1, 0.15) is 10.8 Å². The minimum Gasteiger partial charge on any atom is -0.382 e. The summed E-state index contributed by atoms with van der Waals surface area (Å²) in [7, 11) is 0. The van der Waals surface area contributed by atoms with E-state index in [2.05, 4.69) is 28.1 Å². The number of unbranched alkanes of at least 4 members (excludes halogenated alkanes) is 2. The van der Waals surface area contributed by atoms with Gasteiger partial charge in [-0.25, -0.2) is 0 Å². The highest BCUT2D eigenvalue weighted by Gasteiger charge is 2.18. The Bertz CT molecular complexity index is 530. The molecule has 0 aliphatic carbocycles. The van der Waals surface area contributed by atoms with Crippen molar-refractivity contribution in [3.05, 3.63) is 24.5 Å². The largest absolute Gasteiger partial charge is 0.382 e. The van der Waals surface area contributed by atoms with Gasteiger partial charge in [0.2, 0.25) is 0 Å². The summed E-state index contributed by atoms with van der Waals surface area (Å²) >= 11 is 1.51. The number of anilines is 2. The van der Waals surface area contributed by atoms with Gasteiger partial charge in [-0.3, -0.25) is 4.98 Å². The first kappa shape index (κ1) is 15.8. The van der Waals surface area contributed by atoms with Gasteiger partial charge < -0.3 is 10.6 Å². The van der Waals surface area contributed by atoms with Crippen LogP contribution in [-0.4, -0.2) is 22.4 Å². The first-order valence-corrected chi connectivity index (χ1v) is 8.45. The van der Waals surface area contributed by atoms with Gasteiger partial charge in [0.15, 0.2) is 0 Å². The average molecular weight is 304 g/mol. The number of hydrogen-bond donors (Lipinski definition) is 1. The third-order valence-corrected chi connectivity index (χ3v) is 4.44. The van der Waals surface area contributed by atoms with Crippen LogP contribution in [0.3, 0.4) is 0 Å². The van der Waals surface area contributed by atoms with Crippen LogP contribution in [0.5, 0.6) is 0 Å². The molecule has 2 N–H and O–H groups in total. The summed E-state index contributed by atoms with van der Waals surface area (Å²) < 4.78 is 4.39. The molecule has 2 heterocycles. The zero-order valence-electron chi connectivity index (χ0n) is 12.9. The highest BCUT2D eigenvalue weighted by molar-refractivity contribution is 7.11. The number of aromatic nitrogens is 2. The smallest absolute Gasteiger partial charge is 0.147 e. The number of nitrogens with two attached hydrogens (primary N) is 1. The quantitative estimate of drug-likeness (QED) is 0.794. The second-order valence-electron chi connectivity index (χ2n) is 5.18. The van der Waals surface area contributed by atoms with Crippen molar-refractivity contribution >= 4 is 22.4 Å². The Labute approximate surface area is 131 Å². The van der Waals surface area contributed by atoms with E-state index in [1.165, 1.54) is 42.2 Å². The van der Waals surface area contributed by atoms with Gasteiger partial charge in [-0.05, 0) is 42.1 Å². The van der Waals surface area contributed by atoms with Crippen LogP contribution in [0.25, 0.3) is 11.1 Å². The predicted molar refractivity (Wildman–Crippen MR) is 91.8 cm³/mol. The molecule has 2 aromatic heterocycles. The fourth-order valence-electron chi connectivity index (χ4n) is 2.31. The molecular formula is C16H24N4S. The van der Waals surface area contributed by atoms with E-state index in [9.17, 15) is 0 Å². The topological polar surface area (TPSA) is 55.0 Å². The van der Waals surface area contributed by atoms with Gasteiger partial charge >= 0.3 is 0 Å². The van der Waals surface area contributed by atoms with Crippen LogP contribution in [-0.2, 0) is 0 Å². The van der Waals surface area contributed by atoms with Gasteiger partial charge in [0.25, 0.3) is 0 Å². The summed E-state index contributed by atoms with van der Waals surface area (Å²) in [6, 6.07) is 4.00. The molecule has 0 aliphatic rings. The Morgan fingerprint density at radius 3 is 2.29 bits per heavy atom. The van der Waals surface area contributed by atoms with Crippen LogP contribution in [0.15, 0.2) is 24.5 Å². The molecule has 0 saturated heterocycles. The lowest BCUT2D eigenvalue weighted by molar-refractivity contribution is 0.682. The maximum Gasteiger partial charge on any atom is 0.147 e. The summed E-state index contributed by atoms with van der Waals surface area (Å²) in [4.78, 5) is 6.53. The fourth-order valence-corrected chi connectivity index (χ4v) is 3.20. The Kier molecular flexibility index (Phi) is 5.99. The van der Waals surface area contributed by atoms with Crippen molar-refractivity contribution in [2.45, 2.75) is 39.5 Å². The monoisotopic (exact) mass is 304 g/mol. The maximum absolute atomic E-state index is 6.12. The SMILES string of the molecule is CCCCN(CCCC)c1snc(N)c1-c1ccncc1. The molecule has 0 radical (unpaired) electrons. The zero-order chi connectivity index (χ0) is 15.1. The van der Waals surface area contributed by atoms with Crippen LogP contribution in [0.4, 0.5) is 10.8 Å². The van der Waals surface area contributed by atoms with Crippen molar-refractivity contribution in [3.8, 4) is 11.1 Å². The Morgan fingerprint density at radius 1 is 1.10 bits per heavy atom. The van der Waals surface area contributed by atoms with Crippen molar-refractivity contribution in [1.29, 1.82) is 0 Å². The van der Waals surface area contributed by atoms with Crippen molar-refractivity contribution < 1.29 is 0 Å². The van der Waals surface area contributed by atoms with Crippen LogP contribution < -0.4 is 10.6 Å². The molecule has 0 atom stereocenters. The lowest BCUT2D eigenvalue weighted by Gasteiger charge is -2.24. The van der Waals surface area contributed by atoms with Crippen LogP contribution >= 0.6 is 11.5 Å². The fraction of sp³-hybridized carbons (Fsp3) is 0.500. The standard InChI is InChI=1S/C16H24N4S/c1-3-5-11-20(12-6-4-2)16-14(15(17)19-21-16)13-7-9-18-10-8-13/h7-10H,3-6,11-12H2,1-2H3,(H2,17,19). The summed E-state index contributed by atoms with van der Waals surface area (Å²) in [5.41, 5.74) is 8.29. The number of nitrogen functional groups attached to an aromatic ring is 1. The Hall–Kier alpha value is -1.62. The molecule has 0 aromatic carbocycles. The first-order valence-electron chi connectivity index (χ1n) is 7.68. The van der Waals surface area contributed by atoms with E-state index >= 15 is 0 Å². The zero-order valence-corrected chi connectivity index (χ0v) is 13.7. The molecule has 0 fully saturated rings. The average Bonchev–Trinajstić information content (AvgIpc) is 2.90. The number of pyridine rings is 1. The first-order chi connectivity index (χ1) is 10.3. The minimum atomic E-state index is 0.624. The number of rotatable bonds is 8. The third kappa shape index (κ3) is 3.94. The lowest BCUT2D eigenvalue weighted by Crippen LogP contribution is -2.25. The number of nitrogens with zero attached hydrogens (tertiary/aromatic N) is 3. The molecule has 4 nitrogen and oxygen atoms in total. The van der Waals surface area contributed by atoms with E-state index in [0.717, 1.165) is 24.2 Å². The predicted octanol–water partition coefficient (Wildman–Crippen LogP) is 4.19. The molecule has 0 spiro atoms. The molecule has 0 saturated carbocycles. The Balaban J connectivity index is 2.32. The highest BCUT2D eigenvalue weighted by atomic mass is 32.1. The number of hydrogen-bond acceptors (Lipinski definition) is 5. The van der Waals surface area contributed by atoms with Crippen molar-refractivity contribution in [3.63, 3.8) is 0 Å². The molecule has 0 amide bonds. The van der Waals surface area contributed by atoms with E-state index in [1.807, 2.05) is 12.1 Å². The maximum atomic E-state index is 6.12. The Morgan fingerprint density at radius 2 is 1.71 bits per heavy atom. The van der Waals surface area contributed by atoms with Crippen molar-refractivity contribution in [1.82, 2.24) is 9.36 Å². The molecule has 21 heavy (non-hydrogen) atoms. The lowest BCUT2D eigenvalue weighted by atomic mass is 10.1.